The number of hydrogen-bond acceptors (Lipinski definition) is 4. The number of hydrogen-bond donors (Lipinski definition) is 0. The van der Waals surface area contributed by atoms with Gasteiger partial charge in [-0.3, -0.25) is 4.79 Å². The van der Waals surface area contributed by atoms with Gasteiger partial charge in [-0.15, -0.1) is 0 Å². The van der Waals surface area contributed by atoms with Gasteiger partial charge in [0.25, 0.3) is 5.91 Å². The van der Waals surface area contributed by atoms with Crippen LogP contribution in [0.5, 0.6) is 5.75 Å². The van der Waals surface area contributed by atoms with Gasteiger partial charge in [0.2, 0.25) is 0 Å². The van der Waals surface area contributed by atoms with E-state index in [0.717, 1.165) is 12.1 Å². The van der Waals surface area contributed by atoms with Gasteiger partial charge >= 0.3 is 6.18 Å². The first-order valence-corrected chi connectivity index (χ1v) is 7.37. The van der Waals surface area contributed by atoms with E-state index in [9.17, 15) is 18.0 Å². The molecule has 0 N–H and O–H groups in total. The third-order valence-electron chi connectivity index (χ3n) is 3.30. The molecule has 0 bridgehead atoms. The van der Waals surface area contributed by atoms with E-state index < -0.39 is 24.3 Å². The molecule has 1 heterocycles. The highest BCUT2D eigenvalue weighted by Gasteiger charge is 2.30. The Hall–Kier alpha value is -2.95. The first-order valence-electron chi connectivity index (χ1n) is 7.37. The van der Waals surface area contributed by atoms with Gasteiger partial charge in [0.1, 0.15) is 11.5 Å². The Morgan fingerprint density at radius 1 is 1.28 bits per heavy atom. The molecule has 5 nitrogen and oxygen atoms in total. The summed E-state index contributed by atoms with van der Waals surface area (Å²) in [5, 5.41) is 8.69. The number of carbonyl (C=O) groups excluding carboxylic acids is 1. The Balaban J connectivity index is 1.99. The van der Waals surface area contributed by atoms with Gasteiger partial charge in [0.05, 0.1) is 30.9 Å². The number of nitrogens with zero attached hydrogens (tertiary/aromatic N) is 2. The van der Waals surface area contributed by atoms with Crippen LogP contribution in [0.2, 0.25) is 0 Å². The molecule has 0 saturated carbocycles. The van der Waals surface area contributed by atoms with Gasteiger partial charge in [-0.1, -0.05) is 6.07 Å². The van der Waals surface area contributed by atoms with Crippen molar-refractivity contribution < 1.29 is 27.1 Å². The number of alkyl halides is 3. The minimum absolute atomic E-state index is 0.0543. The van der Waals surface area contributed by atoms with Crippen LogP contribution in [0.3, 0.4) is 0 Å². The Labute approximate surface area is 142 Å². The molecule has 1 aromatic carbocycles. The van der Waals surface area contributed by atoms with Crippen LogP contribution in [0.15, 0.2) is 47.1 Å². The zero-order valence-electron chi connectivity index (χ0n) is 13.1. The first-order chi connectivity index (χ1) is 11.9. The Kier molecular flexibility index (Phi) is 6.06. The van der Waals surface area contributed by atoms with Crippen molar-refractivity contribution in [2.24, 2.45) is 0 Å². The number of carbonyl (C=O) groups is 1. The largest absolute Gasteiger partial charge is 0.484 e. The van der Waals surface area contributed by atoms with Crippen molar-refractivity contribution >= 4 is 5.91 Å². The highest BCUT2D eigenvalue weighted by molar-refractivity contribution is 5.77. The van der Waals surface area contributed by atoms with Crippen LogP contribution in [-0.2, 0) is 17.5 Å². The van der Waals surface area contributed by atoms with Crippen molar-refractivity contribution in [3.05, 3.63) is 54.0 Å². The molecule has 1 amide bonds. The first kappa shape index (κ1) is 18.4. The van der Waals surface area contributed by atoms with Gasteiger partial charge in [-0.2, -0.15) is 18.4 Å². The number of halogens is 3. The summed E-state index contributed by atoms with van der Waals surface area (Å²) < 4.78 is 48.4. The Bertz CT molecular complexity index is 736. The van der Waals surface area contributed by atoms with Gasteiger partial charge in [-0.05, 0) is 30.3 Å². The SMILES string of the molecule is N#CCCN(Cc1ccco1)C(=O)COc1cccc(C(F)(F)F)c1. The minimum Gasteiger partial charge on any atom is -0.484 e. The van der Waals surface area contributed by atoms with E-state index in [-0.39, 0.29) is 25.3 Å². The molecule has 0 atom stereocenters. The summed E-state index contributed by atoms with van der Waals surface area (Å²) in [6.45, 7) is -0.116. The van der Waals surface area contributed by atoms with Crippen molar-refractivity contribution in [3.8, 4) is 11.8 Å². The maximum absolute atomic E-state index is 12.7. The zero-order chi connectivity index (χ0) is 18.3. The molecule has 0 aliphatic heterocycles. The summed E-state index contributed by atoms with van der Waals surface area (Å²) in [6.07, 6.45) is -2.90. The van der Waals surface area contributed by atoms with Crippen LogP contribution in [0, 0.1) is 11.3 Å². The van der Waals surface area contributed by atoms with Gasteiger partial charge in [0.15, 0.2) is 6.61 Å². The summed E-state index contributed by atoms with van der Waals surface area (Å²) in [5.41, 5.74) is -0.852. The molecule has 0 saturated heterocycles. The molecule has 0 aliphatic rings. The van der Waals surface area contributed by atoms with Crippen LogP contribution >= 0.6 is 0 Å². The van der Waals surface area contributed by atoms with Crippen LogP contribution in [0.1, 0.15) is 17.7 Å². The Morgan fingerprint density at radius 3 is 2.72 bits per heavy atom. The molecule has 0 spiro atoms. The van der Waals surface area contributed by atoms with Crippen LogP contribution in [0.25, 0.3) is 0 Å². The maximum atomic E-state index is 12.7. The fourth-order valence-electron chi connectivity index (χ4n) is 2.07. The zero-order valence-corrected chi connectivity index (χ0v) is 13.1. The molecule has 2 aromatic rings. The average molecular weight is 352 g/mol. The normalized spacial score (nSPS) is 11.0. The molecule has 1 aromatic heterocycles. The van der Waals surface area contributed by atoms with Crippen LogP contribution in [-0.4, -0.2) is 24.0 Å². The van der Waals surface area contributed by atoms with Crippen molar-refractivity contribution in [3.63, 3.8) is 0 Å². The van der Waals surface area contributed by atoms with Crippen molar-refractivity contribution in [2.45, 2.75) is 19.1 Å². The molecule has 0 unspecified atom stereocenters. The molecule has 0 fully saturated rings. The predicted octanol–water partition coefficient (Wildman–Crippen LogP) is 3.62. The molecule has 0 aliphatic carbocycles. The van der Waals surface area contributed by atoms with E-state index in [0.29, 0.717) is 5.76 Å². The standard InChI is InChI=1S/C17H15F3N2O3/c18-17(19,20)13-4-1-5-14(10-13)25-12-16(23)22(8-3-7-21)11-15-6-2-9-24-15/h1-2,4-6,9-10H,3,8,11-12H2. The highest BCUT2D eigenvalue weighted by Crippen LogP contribution is 2.31. The monoisotopic (exact) mass is 352 g/mol. The van der Waals surface area contributed by atoms with Gasteiger partial charge in [0, 0.05) is 6.54 Å². The van der Waals surface area contributed by atoms with E-state index >= 15 is 0 Å². The molecular weight excluding hydrogens is 337 g/mol. The number of ether oxygens (including phenoxy) is 1. The average Bonchev–Trinajstić information content (AvgIpc) is 3.09. The summed E-state index contributed by atoms with van der Waals surface area (Å²) >= 11 is 0. The fraction of sp³-hybridized carbons (Fsp3) is 0.294. The Morgan fingerprint density at radius 2 is 2.08 bits per heavy atom. The third-order valence-corrected chi connectivity index (χ3v) is 3.30. The smallest absolute Gasteiger partial charge is 0.416 e. The number of amides is 1. The lowest BCUT2D eigenvalue weighted by Crippen LogP contribution is -2.35. The van der Waals surface area contributed by atoms with Gasteiger partial charge < -0.3 is 14.1 Å². The lowest BCUT2D eigenvalue weighted by Gasteiger charge is -2.20. The summed E-state index contributed by atoms with van der Waals surface area (Å²) in [6, 6.07) is 9.59. The van der Waals surface area contributed by atoms with E-state index in [1.165, 1.54) is 23.3 Å². The van der Waals surface area contributed by atoms with Crippen LogP contribution in [0.4, 0.5) is 13.2 Å². The second kappa shape index (κ2) is 8.24. The van der Waals surface area contributed by atoms with Crippen molar-refractivity contribution in [1.29, 1.82) is 5.26 Å². The predicted molar refractivity (Wildman–Crippen MR) is 81.3 cm³/mol. The summed E-state index contributed by atoms with van der Waals surface area (Å²) in [7, 11) is 0. The number of benzene rings is 1. The molecule has 25 heavy (non-hydrogen) atoms. The van der Waals surface area contributed by atoms with Crippen molar-refractivity contribution in [1.82, 2.24) is 4.90 Å². The van der Waals surface area contributed by atoms with E-state index in [1.54, 1.807) is 12.1 Å². The molecular formula is C17H15F3N2O3. The van der Waals surface area contributed by atoms with Crippen LogP contribution < -0.4 is 4.74 Å². The lowest BCUT2D eigenvalue weighted by atomic mass is 10.2. The number of rotatable bonds is 7. The van der Waals surface area contributed by atoms with E-state index in [4.69, 9.17) is 14.4 Å². The topological polar surface area (TPSA) is 66.5 Å². The second-order valence-corrected chi connectivity index (χ2v) is 5.12. The second-order valence-electron chi connectivity index (χ2n) is 5.12. The molecule has 132 valence electrons. The summed E-state index contributed by atoms with van der Waals surface area (Å²) in [5.74, 6) is 0.0239. The summed E-state index contributed by atoms with van der Waals surface area (Å²) in [4.78, 5) is 13.6. The molecule has 2 rings (SSSR count). The fourth-order valence-corrected chi connectivity index (χ4v) is 2.07. The number of furan rings is 1. The third kappa shape index (κ3) is 5.57. The van der Waals surface area contributed by atoms with Gasteiger partial charge in [-0.25, -0.2) is 0 Å². The minimum atomic E-state index is -4.48. The number of nitriles is 1. The molecule has 0 radical (unpaired) electrons. The highest BCUT2D eigenvalue weighted by atomic mass is 19.4. The van der Waals surface area contributed by atoms with Crippen molar-refractivity contribution in [2.75, 3.05) is 13.2 Å². The van der Waals surface area contributed by atoms with E-state index in [2.05, 4.69) is 0 Å². The molecule has 8 heteroatoms. The quantitative estimate of drug-likeness (QED) is 0.763. The maximum Gasteiger partial charge on any atom is 0.416 e. The van der Waals surface area contributed by atoms with E-state index in [1.807, 2.05) is 6.07 Å². The lowest BCUT2D eigenvalue weighted by molar-refractivity contribution is -0.137.